The number of hydrogen-bond donors (Lipinski definition) is 1. The Kier molecular flexibility index (Phi) is 10.1. The highest BCUT2D eigenvalue weighted by atomic mass is 28.4. The van der Waals surface area contributed by atoms with Crippen molar-refractivity contribution in [1.29, 1.82) is 0 Å². The van der Waals surface area contributed by atoms with Crippen LogP contribution in [0.3, 0.4) is 0 Å². The molecule has 0 spiro atoms. The molecule has 0 bridgehead atoms. The van der Waals surface area contributed by atoms with Crippen LogP contribution in [0.15, 0.2) is 97.1 Å². The van der Waals surface area contributed by atoms with Gasteiger partial charge in [0.15, 0.2) is 0 Å². The molecule has 2 aliphatic carbocycles. The second-order valence-corrected chi connectivity index (χ2v) is 19.3. The van der Waals surface area contributed by atoms with Gasteiger partial charge in [-0.2, -0.15) is 26.3 Å². The lowest BCUT2D eigenvalue weighted by molar-refractivity contribution is -0.139. The van der Waals surface area contributed by atoms with Crippen molar-refractivity contribution in [3.8, 4) is 0 Å². The smallest absolute Gasteiger partial charge is 0.403 e. The molecule has 2 fully saturated rings. The van der Waals surface area contributed by atoms with Crippen LogP contribution in [0, 0.1) is 0 Å². The van der Waals surface area contributed by atoms with Gasteiger partial charge in [0.25, 0.3) is 8.32 Å². The number of aliphatic hydroxyl groups is 1. The highest BCUT2D eigenvalue weighted by Crippen LogP contribution is 2.52. The maximum Gasteiger partial charge on any atom is 0.416 e. The molecule has 0 atom stereocenters. The highest BCUT2D eigenvalue weighted by molar-refractivity contribution is 6.99. The fourth-order valence-corrected chi connectivity index (χ4v) is 11.3. The molecule has 0 radical (unpaired) electrons. The SMILES string of the molecule is CC1(c2ccc(CO)cc2C(F)(F)F)CC1.CC1(c2ccc(CO[Si](c3ccccc3)(c3ccccc3)C(C)(C)C)cc2C(F)(F)F)CC1. The fraction of sp³-hybridized carbons (Fsp3) is 0.400. The first-order chi connectivity index (χ1) is 22.8. The fourth-order valence-electron chi connectivity index (χ4n) is 6.76. The van der Waals surface area contributed by atoms with E-state index in [2.05, 4.69) is 45.0 Å². The van der Waals surface area contributed by atoms with Crippen LogP contribution in [0.4, 0.5) is 26.3 Å². The van der Waals surface area contributed by atoms with Gasteiger partial charge in [-0.3, -0.25) is 0 Å². The number of rotatable bonds is 8. The van der Waals surface area contributed by atoms with Crippen molar-refractivity contribution in [1.82, 2.24) is 0 Å². The van der Waals surface area contributed by atoms with E-state index in [0.717, 1.165) is 42.1 Å². The summed E-state index contributed by atoms with van der Waals surface area (Å²) < 4.78 is 87.2. The normalized spacial score (nSPS) is 16.8. The summed E-state index contributed by atoms with van der Waals surface area (Å²) in [6.45, 7) is 10.0. The maximum atomic E-state index is 13.9. The molecule has 6 rings (SSSR count). The van der Waals surface area contributed by atoms with Gasteiger partial charge in [0.2, 0.25) is 0 Å². The minimum atomic E-state index is -4.38. The zero-order chi connectivity index (χ0) is 35.9. The highest BCUT2D eigenvalue weighted by Gasteiger charge is 2.51. The summed E-state index contributed by atoms with van der Waals surface area (Å²) in [7, 11) is -2.81. The van der Waals surface area contributed by atoms with Gasteiger partial charge in [-0.15, -0.1) is 0 Å². The van der Waals surface area contributed by atoms with Crippen molar-refractivity contribution >= 4 is 18.7 Å². The molecular formula is C40H44F6O2Si. The summed E-state index contributed by atoms with van der Waals surface area (Å²) in [6.07, 6.45) is -5.52. The lowest BCUT2D eigenvalue weighted by Crippen LogP contribution is -2.66. The lowest BCUT2D eigenvalue weighted by Gasteiger charge is -2.43. The average molecular weight is 699 g/mol. The summed E-state index contributed by atoms with van der Waals surface area (Å²) in [5.41, 5.74) is -0.170. The monoisotopic (exact) mass is 698 g/mol. The first-order valence-electron chi connectivity index (χ1n) is 16.6. The van der Waals surface area contributed by atoms with Crippen LogP contribution < -0.4 is 10.4 Å². The predicted molar refractivity (Wildman–Crippen MR) is 184 cm³/mol. The number of halogens is 6. The topological polar surface area (TPSA) is 29.5 Å². The van der Waals surface area contributed by atoms with E-state index in [1.807, 2.05) is 56.3 Å². The lowest BCUT2D eigenvalue weighted by atomic mass is 9.91. The van der Waals surface area contributed by atoms with Gasteiger partial charge in [-0.05, 0) is 86.3 Å². The van der Waals surface area contributed by atoms with E-state index in [0.29, 0.717) is 22.3 Å². The second kappa shape index (κ2) is 13.4. The van der Waals surface area contributed by atoms with Crippen molar-refractivity contribution in [2.24, 2.45) is 0 Å². The van der Waals surface area contributed by atoms with Crippen LogP contribution >= 0.6 is 0 Å². The van der Waals surface area contributed by atoms with Crippen molar-refractivity contribution in [2.75, 3.05) is 0 Å². The molecule has 262 valence electrons. The number of benzene rings is 4. The van der Waals surface area contributed by atoms with Gasteiger partial charge in [0.1, 0.15) is 0 Å². The minimum absolute atomic E-state index is 0.132. The second-order valence-electron chi connectivity index (χ2n) is 15.0. The summed E-state index contributed by atoms with van der Waals surface area (Å²) in [5.74, 6) is 0. The maximum absolute atomic E-state index is 13.9. The Morgan fingerprint density at radius 2 is 1.00 bits per heavy atom. The molecule has 0 unspecified atom stereocenters. The zero-order valence-corrected chi connectivity index (χ0v) is 29.6. The van der Waals surface area contributed by atoms with E-state index in [-0.39, 0.29) is 29.1 Å². The van der Waals surface area contributed by atoms with Crippen LogP contribution in [0.1, 0.15) is 93.7 Å². The third kappa shape index (κ3) is 7.84. The van der Waals surface area contributed by atoms with Crippen molar-refractivity contribution in [2.45, 2.75) is 102 Å². The molecule has 0 saturated heterocycles. The first kappa shape index (κ1) is 36.9. The van der Waals surface area contributed by atoms with E-state index >= 15 is 0 Å². The molecule has 0 aliphatic heterocycles. The Labute approximate surface area is 286 Å². The average Bonchev–Trinajstić information content (AvgIpc) is 3.99. The van der Waals surface area contributed by atoms with Gasteiger partial charge in [-0.25, -0.2) is 0 Å². The van der Waals surface area contributed by atoms with Crippen LogP contribution in [-0.4, -0.2) is 13.4 Å². The summed E-state index contributed by atoms with van der Waals surface area (Å²) in [5, 5.41) is 10.9. The summed E-state index contributed by atoms with van der Waals surface area (Å²) >= 11 is 0. The molecular weight excluding hydrogens is 655 g/mol. The zero-order valence-electron chi connectivity index (χ0n) is 28.6. The Morgan fingerprint density at radius 3 is 1.35 bits per heavy atom. The number of alkyl halides is 6. The molecule has 4 aromatic carbocycles. The Balaban J connectivity index is 0.000000244. The van der Waals surface area contributed by atoms with Gasteiger partial charge < -0.3 is 9.53 Å². The molecule has 49 heavy (non-hydrogen) atoms. The molecule has 0 aromatic heterocycles. The van der Waals surface area contributed by atoms with Crippen molar-refractivity contribution < 1.29 is 35.9 Å². The number of aliphatic hydroxyl groups excluding tert-OH is 1. The van der Waals surface area contributed by atoms with Gasteiger partial charge in [0, 0.05) is 0 Å². The quantitative estimate of drug-likeness (QED) is 0.147. The van der Waals surface area contributed by atoms with Crippen LogP contribution in [0.25, 0.3) is 0 Å². The first-order valence-corrected chi connectivity index (χ1v) is 18.5. The molecule has 2 nitrogen and oxygen atoms in total. The van der Waals surface area contributed by atoms with Crippen LogP contribution in [-0.2, 0) is 40.8 Å². The Morgan fingerprint density at radius 1 is 0.612 bits per heavy atom. The predicted octanol–water partition coefficient (Wildman–Crippen LogP) is 10.1. The molecule has 9 heteroatoms. The standard InChI is InChI=1S/C28H31F3OSi.C12H13F3O/c1-26(2,3)33(22-11-7-5-8-12-22,23-13-9-6-10-14-23)32-20-21-15-16-24(27(4)17-18-27)25(19-21)28(29,30)31;1-11(4-5-11)9-3-2-8(7-16)6-10(9)12(13,14)15/h5-16,19H,17-18,20H2,1-4H3;2-3,6,16H,4-5,7H2,1H3. The van der Waals surface area contributed by atoms with E-state index in [1.165, 1.54) is 12.1 Å². The Bertz CT molecular complexity index is 1700. The van der Waals surface area contributed by atoms with E-state index < -0.39 is 31.8 Å². The van der Waals surface area contributed by atoms with E-state index in [4.69, 9.17) is 9.53 Å². The summed E-state index contributed by atoms with van der Waals surface area (Å²) in [4.78, 5) is 0. The molecule has 0 amide bonds. The minimum Gasteiger partial charge on any atom is -0.403 e. The van der Waals surface area contributed by atoms with Gasteiger partial charge in [-0.1, -0.05) is 120 Å². The molecule has 2 aliphatic rings. The van der Waals surface area contributed by atoms with Crippen molar-refractivity contribution in [3.63, 3.8) is 0 Å². The summed E-state index contributed by atoms with van der Waals surface area (Å²) in [6, 6.07) is 29.2. The largest absolute Gasteiger partial charge is 0.416 e. The Hall–Kier alpha value is -3.40. The van der Waals surface area contributed by atoms with E-state index in [1.54, 1.807) is 12.1 Å². The molecule has 0 heterocycles. The number of hydrogen-bond acceptors (Lipinski definition) is 2. The molecule has 2 saturated carbocycles. The van der Waals surface area contributed by atoms with Crippen LogP contribution in [0.5, 0.6) is 0 Å². The van der Waals surface area contributed by atoms with Gasteiger partial charge in [0.05, 0.1) is 24.3 Å². The van der Waals surface area contributed by atoms with Crippen LogP contribution in [0.2, 0.25) is 5.04 Å². The van der Waals surface area contributed by atoms with E-state index in [9.17, 15) is 26.3 Å². The third-order valence-electron chi connectivity index (χ3n) is 10.1. The van der Waals surface area contributed by atoms with Crippen molar-refractivity contribution in [3.05, 3.63) is 130 Å². The third-order valence-corrected chi connectivity index (χ3v) is 15.1. The van der Waals surface area contributed by atoms with Gasteiger partial charge >= 0.3 is 12.4 Å². The molecule has 4 aromatic rings. The molecule has 1 N–H and O–H groups in total.